The fraction of sp³-hybridized carbons (Fsp3) is 0.500. The summed E-state index contributed by atoms with van der Waals surface area (Å²) < 4.78 is 0. The lowest BCUT2D eigenvalue weighted by molar-refractivity contribution is -0.152. The van der Waals surface area contributed by atoms with Gasteiger partial charge in [-0.2, -0.15) is 0 Å². The van der Waals surface area contributed by atoms with E-state index in [1.807, 2.05) is 0 Å². The number of rotatable bonds is 0. The minimum Gasteiger partial charge on any atom is -0.492 e. The third-order valence-electron chi connectivity index (χ3n) is 1.22. The first-order valence-electron chi connectivity index (χ1n) is 2.45. The standard InChI is InChI=1S/C4H8N2O3/c1-3-4(7)6(9)2-5(3)8/h7-9H,2H2,1H3. The lowest BCUT2D eigenvalue weighted by atomic mass is 10.5. The van der Waals surface area contributed by atoms with Crippen molar-refractivity contribution in [2.45, 2.75) is 6.92 Å². The zero-order valence-corrected chi connectivity index (χ0v) is 4.94. The van der Waals surface area contributed by atoms with Crippen molar-refractivity contribution in [2.24, 2.45) is 0 Å². The molecule has 0 aliphatic carbocycles. The highest BCUT2D eigenvalue weighted by molar-refractivity contribution is 5.03. The summed E-state index contributed by atoms with van der Waals surface area (Å²) in [4.78, 5) is 0. The molecule has 0 radical (unpaired) electrons. The molecule has 0 spiro atoms. The first kappa shape index (κ1) is 6.18. The maximum Gasteiger partial charge on any atom is 0.235 e. The average Bonchev–Trinajstić information content (AvgIpc) is 1.98. The average molecular weight is 132 g/mol. The largest absolute Gasteiger partial charge is 0.492 e. The van der Waals surface area contributed by atoms with Crippen LogP contribution in [0.1, 0.15) is 6.92 Å². The van der Waals surface area contributed by atoms with Crippen LogP contribution in [0.4, 0.5) is 0 Å². The molecule has 5 heteroatoms. The van der Waals surface area contributed by atoms with E-state index in [4.69, 9.17) is 15.5 Å². The molecule has 0 aromatic rings. The van der Waals surface area contributed by atoms with Crippen molar-refractivity contribution in [1.82, 2.24) is 10.1 Å². The van der Waals surface area contributed by atoms with E-state index < -0.39 is 0 Å². The van der Waals surface area contributed by atoms with Crippen LogP contribution in [0.3, 0.4) is 0 Å². The van der Waals surface area contributed by atoms with Crippen molar-refractivity contribution in [3.8, 4) is 0 Å². The summed E-state index contributed by atoms with van der Waals surface area (Å²) in [5, 5.41) is 27.5. The van der Waals surface area contributed by atoms with Gasteiger partial charge in [-0.05, 0) is 6.92 Å². The number of nitrogens with zero attached hydrogens (tertiary/aromatic N) is 2. The van der Waals surface area contributed by atoms with Crippen LogP contribution in [0.2, 0.25) is 0 Å². The molecule has 0 atom stereocenters. The summed E-state index contributed by atoms with van der Waals surface area (Å²) in [7, 11) is 0. The van der Waals surface area contributed by atoms with Crippen molar-refractivity contribution < 1.29 is 15.5 Å². The maximum absolute atomic E-state index is 8.79. The Morgan fingerprint density at radius 1 is 1.33 bits per heavy atom. The quantitative estimate of drug-likeness (QED) is 0.435. The van der Waals surface area contributed by atoms with Crippen LogP contribution in [0.15, 0.2) is 11.6 Å². The SMILES string of the molecule is CC1=C(O)N(O)CN1O. The van der Waals surface area contributed by atoms with Gasteiger partial charge < -0.3 is 5.11 Å². The van der Waals surface area contributed by atoms with E-state index in [1.165, 1.54) is 6.92 Å². The van der Waals surface area contributed by atoms with Crippen molar-refractivity contribution >= 4 is 0 Å². The molecule has 0 fully saturated rings. The maximum atomic E-state index is 8.79. The molecule has 9 heavy (non-hydrogen) atoms. The molecule has 0 aromatic heterocycles. The normalized spacial score (nSPS) is 19.9. The molecular formula is C4H8N2O3. The Kier molecular flexibility index (Phi) is 1.22. The van der Waals surface area contributed by atoms with E-state index in [0.717, 1.165) is 5.06 Å². The molecule has 0 aromatic carbocycles. The second kappa shape index (κ2) is 1.78. The van der Waals surface area contributed by atoms with Crippen molar-refractivity contribution in [3.63, 3.8) is 0 Å². The zero-order chi connectivity index (χ0) is 7.02. The number of hydroxylamine groups is 4. The highest BCUT2D eigenvalue weighted by atomic mass is 16.6. The van der Waals surface area contributed by atoms with Gasteiger partial charge in [-0.1, -0.05) is 0 Å². The zero-order valence-electron chi connectivity index (χ0n) is 4.94. The first-order valence-corrected chi connectivity index (χ1v) is 2.45. The van der Waals surface area contributed by atoms with Gasteiger partial charge in [-0.15, -0.1) is 0 Å². The monoisotopic (exact) mass is 132 g/mol. The molecule has 0 bridgehead atoms. The van der Waals surface area contributed by atoms with E-state index >= 15 is 0 Å². The number of hydrogen-bond donors (Lipinski definition) is 3. The molecule has 1 aliphatic heterocycles. The van der Waals surface area contributed by atoms with Gasteiger partial charge >= 0.3 is 0 Å². The van der Waals surface area contributed by atoms with E-state index in [9.17, 15) is 0 Å². The highest BCUT2D eigenvalue weighted by Gasteiger charge is 2.22. The molecule has 0 amide bonds. The Morgan fingerprint density at radius 3 is 2.00 bits per heavy atom. The van der Waals surface area contributed by atoms with E-state index in [2.05, 4.69) is 0 Å². The first-order chi connectivity index (χ1) is 4.13. The third-order valence-corrected chi connectivity index (χ3v) is 1.22. The third kappa shape index (κ3) is 0.797. The summed E-state index contributed by atoms with van der Waals surface area (Å²) in [6.45, 7) is 1.39. The van der Waals surface area contributed by atoms with Crippen LogP contribution in [0.25, 0.3) is 0 Å². The van der Waals surface area contributed by atoms with Crippen LogP contribution < -0.4 is 0 Å². The Bertz CT molecular complexity index is 140. The molecule has 0 saturated carbocycles. The van der Waals surface area contributed by atoms with Gasteiger partial charge in [0.1, 0.15) is 12.4 Å². The van der Waals surface area contributed by atoms with Gasteiger partial charge in [0, 0.05) is 0 Å². The molecule has 1 aliphatic rings. The molecular weight excluding hydrogens is 124 g/mol. The summed E-state index contributed by atoms with van der Waals surface area (Å²) in [5.74, 6) is -0.308. The summed E-state index contributed by atoms with van der Waals surface area (Å²) in [5.41, 5.74) is 0.248. The topological polar surface area (TPSA) is 67.2 Å². The molecule has 52 valence electrons. The van der Waals surface area contributed by atoms with Crippen LogP contribution in [0, 0.1) is 0 Å². The number of hydrogen-bond acceptors (Lipinski definition) is 5. The predicted molar refractivity (Wildman–Crippen MR) is 27.4 cm³/mol. The Morgan fingerprint density at radius 2 is 1.89 bits per heavy atom. The molecule has 3 N–H and O–H groups in total. The summed E-state index contributed by atoms with van der Waals surface area (Å²) in [6, 6.07) is 0. The lowest BCUT2D eigenvalue weighted by Crippen LogP contribution is -2.21. The molecule has 0 unspecified atom stereocenters. The fourth-order valence-corrected chi connectivity index (χ4v) is 0.602. The Labute approximate surface area is 51.9 Å². The highest BCUT2D eigenvalue weighted by Crippen LogP contribution is 2.15. The molecule has 0 saturated heterocycles. The number of allylic oxidation sites excluding steroid dienone is 1. The second-order valence-corrected chi connectivity index (χ2v) is 1.85. The summed E-state index contributed by atoms with van der Waals surface area (Å²) in [6.07, 6.45) is 0. The van der Waals surface area contributed by atoms with Gasteiger partial charge in [-0.3, -0.25) is 10.4 Å². The van der Waals surface area contributed by atoms with Crippen LogP contribution >= 0.6 is 0 Å². The van der Waals surface area contributed by atoms with Crippen molar-refractivity contribution in [2.75, 3.05) is 6.67 Å². The fourth-order valence-electron chi connectivity index (χ4n) is 0.602. The van der Waals surface area contributed by atoms with Crippen LogP contribution in [-0.4, -0.2) is 32.3 Å². The van der Waals surface area contributed by atoms with E-state index in [1.54, 1.807) is 0 Å². The van der Waals surface area contributed by atoms with Crippen LogP contribution in [-0.2, 0) is 0 Å². The van der Waals surface area contributed by atoms with E-state index in [-0.39, 0.29) is 18.2 Å². The van der Waals surface area contributed by atoms with Gasteiger partial charge in [0.25, 0.3) is 0 Å². The molecule has 1 heterocycles. The van der Waals surface area contributed by atoms with E-state index in [0.29, 0.717) is 5.06 Å². The number of aliphatic hydroxyl groups is 1. The molecule has 5 nitrogen and oxygen atoms in total. The second-order valence-electron chi connectivity index (χ2n) is 1.85. The van der Waals surface area contributed by atoms with Gasteiger partial charge in [0.05, 0.1) is 0 Å². The minimum atomic E-state index is -0.308. The minimum absolute atomic E-state index is 0.0995. The Hall–Kier alpha value is -0.940. The molecule has 1 rings (SSSR count). The van der Waals surface area contributed by atoms with Gasteiger partial charge in [0.15, 0.2) is 0 Å². The van der Waals surface area contributed by atoms with Crippen LogP contribution in [0.5, 0.6) is 0 Å². The van der Waals surface area contributed by atoms with Gasteiger partial charge in [-0.25, -0.2) is 10.1 Å². The predicted octanol–water partition coefficient (Wildman–Crippen LogP) is 0.0869. The van der Waals surface area contributed by atoms with Crippen molar-refractivity contribution in [3.05, 3.63) is 11.6 Å². The van der Waals surface area contributed by atoms with Crippen molar-refractivity contribution in [1.29, 1.82) is 0 Å². The number of aliphatic hydroxyl groups excluding tert-OH is 1. The summed E-state index contributed by atoms with van der Waals surface area (Å²) >= 11 is 0. The smallest absolute Gasteiger partial charge is 0.235 e. The van der Waals surface area contributed by atoms with Gasteiger partial charge in [0.2, 0.25) is 5.88 Å². The Balaban J connectivity index is 2.79. The lowest BCUT2D eigenvalue weighted by Gasteiger charge is -2.08.